The van der Waals surface area contributed by atoms with Crippen LogP contribution in [0.2, 0.25) is 0 Å². The van der Waals surface area contributed by atoms with Crippen LogP contribution in [-0.4, -0.2) is 17.1 Å². The maximum Gasteiger partial charge on any atom is 0.247 e. The van der Waals surface area contributed by atoms with E-state index in [4.69, 9.17) is 14.9 Å². The van der Waals surface area contributed by atoms with E-state index in [-0.39, 0.29) is 0 Å². The lowest BCUT2D eigenvalue weighted by molar-refractivity contribution is 0.414. The normalized spacial score (nSPS) is 10.7. The molecule has 0 bridgehead atoms. The second kappa shape index (κ2) is 4.03. The highest BCUT2D eigenvalue weighted by atomic mass is 16.5. The van der Waals surface area contributed by atoms with Crippen molar-refractivity contribution < 1.29 is 9.15 Å². The molecule has 3 rings (SSSR count). The molecule has 2 N–H and O–H groups in total. The maximum absolute atomic E-state index is 5.66. The molecule has 90 valence electrons. The number of nitrogens with zero attached hydrogens (tertiary/aromatic N) is 2. The summed E-state index contributed by atoms with van der Waals surface area (Å²) < 4.78 is 10.9. The van der Waals surface area contributed by atoms with E-state index in [9.17, 15) is 0 Å². The maximum atomic E-state index is 5.66. The number of pyridine rings is 1. The molecule has 0 unspecified atom stereocenters. The van der Waals surface area contributed by atoms with Crippen LogP contribution >= 0.6 is 0 Å². The van der Waals surface area contributed by atoms with E-state index in [0.29, 0.717) is 28.6 Å². The van der Waals surface area contributed by atoms with Crippen molar-refractivity contribution >= 4 is 16.9 Å². The van der Waals surface area contributed by atoms with Gasteiger partial charge in [0.15, 0.2) is 0 Å². The van der Waals surface area contributed by atoms with Crippen molar-refractivity contribution in [2.45, 2.75) is 0 Å². The molecular weight excluding hydrogens is 230 g/mol. The molecule has 1 aromatic carbocycles. The van der Waals surface area contributed by atoms with Crippen LogP contribution in [0, 0.1) is 0 Å². The van der Waals surface area contributed by atoms with Crippen LogP contribution in [0.1, 0.15) is 0 Å². The van der Waals surface area contributed by atoms with Crippen LogP contribution in [0.5, 0.6) is 5.75 Å². The molecule has 2 heterocycles. The first kappa shape index (κ1) is 10.6. The highest BCUT2D eigenvalue weighted by Crippen LogP contribution is 2.30. The quantitative estimate of drug-likeness (QED) is 0.746. The molecule has 0 fully saturated rings. The van der Waals surface area contributed by atoms with Crippen LogP contribution in [0.4, 0.5) is 5.69 Å². The molecule has 0 aliphatic carbocycles. The number of benzene rings is 1. The molecule has 0 saturated heterocycles. The average molecular weight is 241 g/mol. The zero-order chi connectivity index (χ0) is 12.5. The summed E-state index contributed by atoms with van der Waals surface area (Å²) in [6.07, 6.45) is 1.54. The van der Waals surface area contributed by atoms with E-state index in [2.05, 4.69) is 9.97 Å². The molecule has 0 aliphatic rings. The van der Waals surface area contributed by atoms with Crippen molar-refractivity contribution in [3.63, 3.8) is 0 Å². The summed E-state index contributed by atoms with van der Waals surface area (Å²) in [4.78, 5) is 8.45. The topological polar surface area (TPSA) is 74.2 Å². The third kappa shape index (κ3) is 1.66. The van der Waals surface area contributed by atoms with E-state index < -0.39 is 0 Å². The van der Waals surface area contributed by atoms with Gasteiger partial charge in [0.1, 0.15) is 11.3 Å². The number of nitrogens with two attached hydrogens (primary N) is 1. The first-order valence-corrected chi connectivity index (χ1v) is 5.43. The SMILES string of the molecule is COc1ccccc1-c1nc2cc(N)cnc2o1. The number of ether oxygens (including phenoxy) is 1. The predicted octanol–water partition coefficient (Wildman–Crippen LogP) is 2.48. The fourth-order valence-electron chi connectivity index (χ4n) is 1.78. The lowest BCUT2D eigenvalue weighted by Gasteiger charge is -2.03. The number of aromatic nitrogens is 2. The van der Waals surface area contributed by atoms with Crippen molar-refractivity contribution in [3.05, 3.63) is 36.5 Å². The summed E-state index contributed by atoms with van der Waals surface area (Å²) in [5, 5.41) is 0. The fourth-order valence-corrected chi connectivity index (χ4v) is 1.78. The molecule has 0 aliphatic heterocycles. The van der Waals surface area contributed by atoms with Gasteiger partial charge in [0.05, 0.1) is 24.6 Å². The summed E-state index contributed by atoms with van der Waals surface area (Å²) >= 11 is 0. The van der Waals surface area contributed by atoms with Crippen molar-refractivity contribution in [2.24, 2.45) is 0 Å². The monoisotopic (exact) mass is 241 g/mol. The standard InChI is InChI=1S/C13H11N3O2/c1-17-11-5-3-2-4-9(11)12-16-10-6-8(14)7-15-13(10)18-12/h2-7H,14H2,1H3. The van der Waals surface area contributed by atoms with Gasteiger partial charge in [-0.25, -0.2) is 9.97 Å². The van der Waals surface area contributed by atoms with E-state index >= 15 is 0 Å². The fraction of sp³-hybridized carbons (Fsp3) is 0.0769. The Morgan fingerprint density at radius 1 is 1.28 bits per heavy atom. The highest BCUT2D eigenvalue weighted by molar-refractivity contribution is 5.76. The van der Waals surface area contributed by atoms with E-state index in [1.165, 1.54) is 0 Å². The summed E-state index contributed by atoms with van der Waals surface area (Å²) in [5.74, 6) is 1.18. The van der Waals surface area contributed by atoms with Gasteiger partial charge in [-0.1, -0.05) is 12.1 Å². The number of hydrogen-bond acceptors (Lipinski definition) is 5. The van der Waals surface area contributed by atoms with E-state index in [1.54, 1.807) is 19.4 Å². The lowest BCUT2D eigenvalue weighted by Crippen LogP contribution is -1.87. The first-order valence-electron chi connectivity index (χ1n) is 5.43. The molecule has 18 heavy (non-hydrogen) atoms. The molecule has 0 atom stereocenters. The molecule has 3 aromatic rings. The van der Waals surface area contributed by atoms with E-state index in [1.807, 2.05) is 24.3 Å². The number of methoxy groups -OCH3 is 1. The summed E-state index contributed by atoms with van der Waals surface area (Å²) in [6, 6.07) is 9.25. The van der Waals surface area contributed by atoms with Crippen LogP contribution < -0.4 is 10.5 Å². The molecule has 5 nitrogen and oxygen atoms in total. The van der Waals surface area contributed by atoms with Gasteiger partial charge in [0.25, 0.3) is 0 Å². The van der Waals surface area contributed by atoms with Crippen LogP contribution in [0.3, 0.4) is 0 Å². The van der Waals surface area contributed by atoms with Crippen molar-refractivity contribution in [3.8, 4) is 17.2 Å². The average Bonchev–Trinajstić information content (AvgIpc) is 2.81. The third-order valence-corrected chi connectivity index (χ3v) is 2.61. The summed E-state index contributed by atoms with van der Waals surface area (Å²) in [7, 11) is 1.61. The van der Waals surface area contributed by atoms with Crippen LogP contribution in [0.15, 0.2) is 40.9 Å². The Morgan fingerprint density at radius 2 is 2.11 bits per heavy atom. The predicted molar refractivity (Wildman–Crippen MR) is 68.2 cm³/mol. The van der Waals surface area contributed by atoms with Gasteiger partial charge in [-0.3, -0.25) is 0 Å². The number of oxazole rings is 1. The second-order valence-corrected chi connectivity index (χ2v) is 3.81. The first-order chi connectivity index (χ1) is 8.78. The van der Waals surface area contributed by atoms with Gasteiger partial charge in [-0.05, 0) is 18.2 Å². The Kier molecular flexibility index (Phi) is 2.37. The van der Waals surface area contributed by atoms with Gasteiger partial charge in [0, 0.05) is 0 Å². The molecule has 5 heteroatoms. The minimum absolute atomic E-state index is 0.463. The van der Waals surface area contributed by atoms with Gasteiger partial charge in [0.2, 0.25) is 11.6 Å². The number of anilines is 1. The van der Waals surface area contributed by atoms with Gasteiger partial charge >= 0.3 is 0 Å². The zero-order valence-electron chi connectivity index (χ0n) is 9.75. The zero-order valence-corrected chi connectivity index (χ0v) is 9.75. The number of hydrogen-bond donors (Lipinski definition) is 1. The number of fused-ring (bicyclic) bond motifs is 1. The van der Waals surface area contributed by atoms with Gasteiger partial charge in [-0.2, -0.15) is 0 Å². The number of nitrogen functional groups attached to an aromatic ring is 1. The van der Waals surface area contributed by atoms with Crippen molar-refractivity contribution in [2.75, 3.05) is 12.8 Å². The largest absolute Gasteiger partial charge is 0.496 e. The highest BCUT2D eigenvalue weighted by Gasteiger charge is 2.13. The van der Waals surface area contributed by atoms with E-state index in [0.717, 1.165) is 5.56 Å². The van der Waals surface area contributed by atoms with Gasteiger partial charge < -0.3 is 14.9 Å². The third-order valence-electron chi connectivity index (χ3n) is 2.61. The molecule has 2 aromatic heterocycles. The van der Waals surface area contributed by atoms with Gasteiger partial charge in [-0.15, -0.1) is 0 Å². The summed E-state index contributed by atoms with van der Waals surface area (Å²) in [6.45, 7) is 0. The van der Waals surface area contributed by atoms with Crippen LogP contribution in [-0.2, 0) is 0 Å². The molecular formula is C13H11N3O2. The lowest BCUT2D eigenvalue weighted by atomic mass is 10.2. The smallest absolute Gasteiger partial charge is 0.247 e. The molecule has 0 amide bonds. The Labute approximate surface area is 103 Å². The van der Waals surface area contributed by atoms with Crippen molar-refractivity contribution in [1.82, 2.24) is 9.97 Å². The minimum Gasteiger partial charge on any atom is -0.496 e. The Hall–Kier alpha value is -2.56. The van der Waals surface area contributed by atoms with Crippen molar-refractivity contribution in [1.29, 1.82) is 0 Å². The summed E-state index contributed by atoms with van der Waals surface area (Å²) in [5.41, 5.74) is 8.10. The second-order valence-electron chi connectivity index (χ2n) is 3.81. The minimum atomic E-state index is 0.463. The molecule has 0 radical (unpaired) electrons. The Bertz CT molecular complexity index is 706. The molecule has 0 saturated carbocycles. The Balaban J connectivity index is 2.19. The van der Waals surface area contributed by atoms with Crippen LogP contribution in [0.25, 0.3) is 22.7 Å². The number of para-hydroxylation sites is 1. The number of rotatable bonds is 2. The Morgan fingerprint density at radius 3 is 2.94 bits per heavy atom. The molecule has 0 spiro atoms.